The highest BCUT2D eigenvalue weighted by molar-refractivity contribution is 5.95. The highest BCUT2D eigenvalue weighted by Crippen LogP contribution is 2.31. The van der Waals surface area contributed by atoms with Crippen molar-refractivity contribution in [1.82, 2.24) is 29.9 Å². The summed E-state index contributed by atoms with van der Waals surface area (Å²) in [6.07, 6.45) is 0.726. The smallest absolute Gasteiger partial charge is 0.383 e. The molecule has 40 heavy (non-hydrogen) atoms. The number of nitrogens with zero attached hydrogens (tertiary/aromatic N) is 5. The quantitative estimate of drug-likeness (QED) is 0.271. The van der Waals surface area contributed by atoms with Gasteiger partial charge in [0.15, 0.2) is 5.69 Å². The maximum atomic E-state index is 13.7. The van der Waals surface area contributed by atoms with Gasteiger partial charge in [-0.3, -0.25) is 19.0 Å². The normalized spacial score (nSPS) is 11.6. The van der Waals surface area contributed by atoms with E-state index in [1.54, 1.807) is 59.4 Å². The second-order valence-electron chi connectivity index (χ2n) is 9.13. The first-order valence-electron chi connectivity index (χ1n) is 12.0. The van der Waals surface area contributed by atoms with Crippen molar-refractivity contribution in [1.29, 1.82) is 0 Å². The Morgan fingerprint density at radius 3 is 2.25 bits per heavy atom. The number of nitrogens with two attached hydrogens (primary N) is 2. The number of nitrogens with one attached hydrogen (secondary N) is 1. The molecule has 0 aliphatic rings. The van der Waals surface area contributed by atoms with Gasteiger partial charge in [0.25, 0.3) is 11.8 Å². The maximum Gasteiger partial charge on any atom is 0.435 e. The van der Waals surface area contributed by atoms with Crippen LogP contribution in [-0.2, 0) is 25.8 Å². The number of amides is 2. The van der Waals surface area contributed by atoms with E-state index in [2.05, 4.69) is 20.5 Å². The Hall–Kier alpha value is -5.20. The Kier molecular flexibility index (Phi) is 6.94. The fraction of sp³-hybridized carbons (Fsp3) is 0.148. The van der Waals surface area contributed by atoms with Gasteiger partial charge < -0.3 is 16.8 Å². The molecule has 3 aromatic heterocycles. The van der Waals surface area contributed by atoms with Crippen molar-refractivity contribution in [2.75, 3.05) is 5.73 Å². The molecule has 0 saturated heterocycles. The molecule has 0 aliphatic heterocycles. The number of fused-ring (bicyclic) bond motifs is 1. The lowest BCUT2D eigenvalue weighted by atomic mass is 10.1. The maximum absolute atomic E-state index is 13.7. The molecule has 0 unspecified atom stereocenters. The summed E-state index contributed by atoms with van der Waals surface area (Å²) in [7, 11) is 0. The number of rotatable bonds is 8. The average molecular weight is 549 g/mol. The summed E-state index contributed by atoms with van der Waals surface area (Å²) in [6, 6.07) is 14.1. The van der Waals surface area contributed by atoms with Crippen LogP contribution in [-0.4, -0.2) is 36.4 Å². The van der Waals surface area contributed by atoms with Crippen molar-refractivity contribution in [2.45, 2.75) is 25.8 Å². The summed E-state index contributed by atoms with van der Waals surface area (Å²) in [5, 5.41) is 11.8. The van der Waals surface area contributed by atoms with Crippen LogP contribution in [0.5, 0.6) is 0 Å². The second-order valence-corrected chi connectivity index (χ2v) is 9.13. The number of pyridine rings is 1. The monoisotopic (exact) mass is 548 g/mol. The number of primary amides is 1. The van der Waals surface area contributed by atoms with Crippen LogP contribution in [0.4, 0.5) is 19.0 Å². The van der Waals surface area contributed by atoms with Gasteiger partial charge in [-0.25, -0.2) is 4.98 Å². The van der Waals surface area contributed by atoms with Gasteiger partial charge in [-0.15, -0.1) is 0 Å². The molecule has 204 valence electrons. The highest BCUT2D eigenvalue weighted by atomic mass is 19.4. The van der Waals surface area contributed by atoms with Gasteiger partial charge in [0.2, 0.25) is 0 Å². The number of benzene rings is 2. The van der Waals surface area contributed by atoms with Crippen molar-refractivity contribution in [3.63, 3.8) is 0 Å². The zero-order chi connectivity index (χ0) is 28.4. The number of carbonyl (C=O) groups excluding carboxylic acids is 2. The molecule has 0 bridgehead atoms. The average Bonchev–Trinajstić information content (AvgIpc) is 3.56. The molecule has 2 amide bonds. The molecule has 10 nitrogen and oxygen atoms in total. The van der Waals surface area contributed by atoms with Crippen LogP contribution in [0, 0.1) is 0 Å². The Labute approximate surface area is 225 Å². The molecule has 0 fully saturated rings. The molecular formula is C27H23F3N8O2. The number of hydrogen-bond donors (Lipinski definition) is 3. The molecule has 5 aromatic rings. The molecule has 0 atom stereocenters. The van der Waals surface area contributed by atoms with E-state index in [9.17, 15) is 22.8 Å². The van der Waals surface area contributed by atoms with Gasteiger partial charge in [0.05, 0.1) is 30.4 Å². The van der Waals surface area contributed by atoms with Crippen molar-refractivity contribution in [2.24, 2.45) is 5.73 Å². The molecule has 3 heterocycles. The minimum atomic E-state index is -4.82. The summed E-state index contributed by atoms with van der Waals surface area (Å²) in [5.74, 6) is -1.11. The third-order valence-electron chi connectivity index (χ3n) is 6.22. The number of aromatic nitrogens is 5. The Morgan fingerprint density at radius 1 is 0.925 bits per heavy atom. The van der Waals surface area contributed by atoms with E-state index in [0.29, 0.717) is 23.5 Å². The van der Waals surface area contributed by atoms with Crippen LogP contribution in [0.1, 0.15) is 43.1 Å². The topological polar surface area (TPSA) is 147 Å². The Bertz CT molecular complexity index is 1710. The first kappa shape index (κ1) is 26.4. The van der Waals surface area contributed by atoms with Crippen molar-refractivity contribution in [3.05, 3.63) is 107 Å². The number of anilines is 1. The molecule has 0 radical (unpaired) electrons. The second kappa shape index (κ2) is 10.5. The Balaban J connectivity index is 1.28. The summed E-state index contributed by atoms with van der Waals surface area (Å²) in [6.45, 7) is 0.405. The largest absolute Gasteiger partial charge is 0.435 e. The van der Waals surface area contributed by atoms with Gasteiger partial charge >= 0.3 is 6.18 Å². The zero-order valence-corrected chi connectivity index (χ0v) is 20.9. The molecule has 2 aromatic carbocycles. The molecule has 5 N–H and O–H groups in total. The zero-order valence-electron chi connectivity index (χ0n) is 20.9. The van der Waals surface area contributed by atoms with Crippen LogP contribution >= 0.6 is 0 Å². The van der Waals surface area contributed by atoms with Gasteiger partial charge in [0.1, 0.15) is 5.82 Å². The number of hydrogen-bond acceptors (Lipinski definition) is 6. The van der Waals surface area contributed by atoms with Crippen LogP contribution in [0.3, 0.4) is 0 Å². The molecular weight excluding hydrogens is 525 g/mol. The van der Waals surface area contributed by atoms with E-state index in [1.807, 2.05) is 0 Å². The number of nitrogen functional groups attached to an aromatic ring is 1. The molecule has 0 spiro atoms. The van der Waals surface area contributed by atoms with E-state index in [1.165, 1.54) is 12.4 Å². The van der Waals surface area contributed by atoms with E-state index >= 15 is 0 Å². The minimum Gasteiger partial charge on any atom is -0.383 e. The van der Waals surface area contributed by atoms with Crippen LogP contribution in [0.2, 0.25) is 0 Å². The van der Waals surface area contributed by atoms with Gasteiger partial charge in [-0.05, 0) is 34.2 Å². The molecule has 0 aliphatic carbocycles. The summed E-state index contributed by atoms with van der Waals surface area (Å²) in [4.78, 5) is 28.0. The lowest BCUT2D eigenvalue weighted by molar-refractivity contribution is -0.141. The number of halogens is 3. The van der Waals surface area contributed by atoms with Crippen molar-refractivity contribution in [3.8, 4) is 0 Å². The minimum absolute atomic E-state index is 0.0120. The third kappa shape index (κ3) is 5.77. The fourth-order valence-corrected chi connectivity index (χ4v) is 4.22. The lowest BCUT2D eigenvalue weighted by Crippen LogP contribution is -2.25. The standard InChI is InChI=1S/C27H23F3N8O2/c28-27(29,30)23-22(26(40)34-10-18-5-6-21-19(9-18)7-8-33-24(21)31)15-38(36-23)13-17-3-1-16(2-4-17)12-37-14-20(11-35-37)25(32)39/h1-9,11,14-15H,10,12-13H2,(H2,31,33)(H2,32,39)(H,34,40). The summed E-state index contributed by atoms with van der Waals surface area (Å²) in [5.41, 5.74) is 11.8. The van der Waals surface area contributed by atoms with Crippen LogP contribution in [0.15, 0.2) is 73.3 Å². The van der Waals surface area contributed by atoms with E-state index in [4.69, 9.17) is 11.5 Å². The summed E-state index contributed by atoms with van der Waals surface area (Å²) >= 11 is 0. The third-order valence-corrected chi connectivity index (χ3v) is 6.22. The lowest BCUT2D eigenvalue weighted by Gasteiger charge is -2.08. The van der Waals surface area contributed by atoms with E-state index in [0.717, 1.165) is 27.2 Å². The first-order chi connectivity index (χ1) is 19.1. The van der Waals surface area contributed by atoms with Gasteiger partial charge in [-0.2, -0.15) is 23.4 Å². The summed E-state index contributed by atoms with van der Waals surface area (Å²) < 4.78 is 43.8. The fourth-order valence-electron chi connectivity index (χ4n) is 4.22. The van der Waals surface area contributed by atoms with Crippen molar-refractivity contribution < 1.29 is 22.8 Å². The number of carbonyl (C=O) groups is 2. The predicted octanol–water partition coefficient (Wildman–Crippen LogP) is 3.35. The number of alkyl halides is 3. The molecule has 0 saturated carbocycles. The highest BCUT2D eigenvalue weighted by Gasteiger charge is 2.39. The van der Waals surface area contributed by atoms with Crippen molar-refractivity contribution >= 4 is 28.4 Å². The van der Waals surface area contributed by atoms with E-state index in [-0.39, 0.29) is 18.7 Å². The van der Waals surface area contributed by atoms with Crippen LogP contribution < -0.4 is 16.8 Å². The SMILES string of the molecule is NC(=O)c1cnn(Cc2ccc(Cn3cc(C(=O)NCc4ccc5c(N)nccc5c4)c(C(F)(F)F)n3)cc2)c1. The van der Waals surface area contributed by atoms with Gasteiger partial charge in [0, 0.05) is 30.5 Å². The van der Waals surface area contributed by atoms with Gasteiger partial charge in [-0.1, -0.05) is 36.4 Å². The molecule has 13 heteroatoms. The first-order valence-corrected chi connectivity index (χ1v) is 12.0. The predicted molar refractivity (Wildman–Crippen MR) is 140 cm³/mol. The van der Waals surface area contributed by atoms with E-state index < -0.39 is 29.2 Å². The van der Waals surface area contributed by atoms with Crippen LogP contribution in [0.25, 0.3) is 10.8 Å². The molecule has 5 rings (SSSR count). The Morgan fingerprint density at radius 2 is 1.60 bits per heavy atom.